The second kappa shape index (κ2) is 11.6. The van der Waals surface area contributed by atoms with Gasteiger partial charge < -0.3 is 10.2 Å². The van der Waals surface area contributed by atoms with Crippen molar-refractivity contribution >= 4 is 7.85 Å². The minimum Gasteiger partial charge on any atom is -0.393 e. The van der Waals surface area contributed by atoms with E-state index in [4.69, 9.17) is 7.85 Å². The Kier molecular flexibility index (Phi) is 10.1. The van der Waals surface area contributed by atoms with Crippen molar-refractivity contribution in [1.82, 2.24) is 0 Å². The summed E-state index contributed by atoms with van der Waals surface area (Å²) < 4.78 is 0. The summed E-state index contributed by atoms with van der Waals surface area (Å²) in [6.07, 6.45) is 13.1. The third-order valence-corrected chi connectivity index (χ3v) is 8.48. The quantitative estimate of drug-likeness (QED) is 0.406. The molecule has 0 heterocycles. The van der Waals surface area contributed by atoms with Crippen LogP contribution in [0.2, 0.25) is 5.82 Å². The van der Waals surface area contributed by atoms with Crippen LogP contribution in [0.3, 0.4) is 0 Å². The van der Waals surface area contributed by atoms with Gasteiger partial charge in [-0.05, 0) is 80.0 Å². The highest BCUT2D eigenvalue weighted by Gasteiger charge is 2.30. The summed E-state index contributed by atoms with van der Waals surface area (Å²) in [5.41, 5.74) is 0.181. The topological polar surface area (TPSA) is 40.5 Å². The average molecular weight is 404 g/mol. The zero-order chi connectivity index (χ0) is 21.6. The molecular weight excluding hydrogens is 355 g/mol. The molecule has 0 aromatic carbocycles. The van der Waals surface area contributed by atoms with E-state index in [-0.39, 0.29) is 17.6 Å². The van der Waals surface area contributed by atoms with Crippen LogP contribution in [0, 0.1) is 35.0 Å². The van der Waals surface area contributed by atoms with Gasteiger partial charge in [-0.15, -0.1) is 0 Å². The van der Waals surface area contributed by atoms with Gasteiger partial charge in [-0.25, -0.2) is 0 Å². The van der Waals surface area contributed by atoms with Crippen molar-refractivity contribution in [3.63, 3.8) is 0 Å². The zero-order valence-corrected chi connectivity index (χ0v) is 20.1. The van der Waals surface area contributed by atoms with E-state index in [0.717, 1.165) is 50.4 Å². The van der Waals surface area contributed by atoms with Crippen molar-refractivity contribution in [3.05, 3.63) is 0 Å². The Morgan fingerprint density at radius 3 is 2.10 bits per heavy atom. The summed E-state index contributed by atoms with van der Waals surface area (Å²) in [5, 5.41) is 21.4. The van der Waals surface area contributed by atoms with Gasteiger partial charge in [-0.3, -0.25) is 0 Å². The Labute approximate surface area is 183 Å². The van der Waals surface area contributed by atoms with Crippen LogP contribution in [0.25, 0.3) is 0 Å². The summed E-state index contributed by atoms with van der Waals surface area (Å²) >= 11 is 0. The molecule has 2 N–H and O–H groups in total. The first-order valence-corrected chi connectivity index (χ1v) is 12.7. The standard InChI is InChI=1S/C26H49BO2/c1-18-6-9-21(10-7-18)25(29)13-15-26(4,5)14-12-24(28)20(3)17-22-11-8-19(2)16-23(22)27/h18-25,28-29H,6-17H2,1-5H3/t18?,19?,20-,21?,22?,23?,24?,25?/m1/s1. The Hall–Kier alpha value is -0.0151. The molecule has 0 aromatic rings. The fraction of sp³-hybridized carbons (Fsp3) is 1.00. The minimum atomic E-state index is -0.231. The van der Waals surface area contributed by atoms with Crippen LogP contribution in [0.5, 0.6) is 0 Å². The molecule has 0 saturated heterocycles. The monoisotopic (exact) mass is 404 g/mol. The van der Waals surface area contributed by atoms with Crippen LogP contribution in [-0.2, 0) is 0 Å². The van der Waals surface area contributed by atoms with Crippen molar-refractivity contribution < 1.29 is 10.2 Å². The molecule has 0 spiro atoms. The Morgan fingerprint density at radius 1 is 0.897 bits per heavy atom. The fourth-order valence-corrected chi connectivity index (χ4v) is 5.81. The van der Waals surface area contributed by atoms with Crippen LogP contribution in [0.15, 0.2) is 0 Å². The molecule has 0 aliphatic heterocycles. The molecule has 5 unspecified atom stereocenters. The molecule has 2 rings (SSSR count). The van der Waals surface area contributed by atoms with E-state index < -0.39 is 0 Å². The number of hydrogen-bond donors (Lipinski definition) is 2. The van der Waals surface area contributed by atoms with Crippen molar-refractivity contribution in [3.8, 4) is 0 Å². The minimum absolute atomic E-state index is 0.138. The number of hydrogen-bond acceptors (Lipinski definition) is 2. The van der Waals surface area contributed by atoms with Crippen molar-refractivity contribution in [2.75, 3.05) is 0 Å². The Balaban J connectivity index is 1.68. The fourth-order valence-electron chi connectivity index (χ4n) is 5.81. The maximum Gasteiger partial charge on any atom is 0.0703 e. The third-order valence-electron chi connectivity index (χ3n) is 8.48. The smallest absolute Gasteiger partial charge is 0.0703 e. The highest BCUT2D eigenvalue weighted by atomic mass is 16.3. The molecule has 0 bridgehead atoms. The largest absolute Gasteiger partial charge is 0.393 e. The normalized spacial score (nSPS) is 34.5. The van der Waals surface area contributed by atoms with Gasteiger partial charge >= 0.3 is 0 Å². The summed E-state index contributed by atoms with van der Waals surface area (Å²) in [4.78, 5) is 0. The number of aliphatic hydroxyl groups excluding tert-OH is 2. The highest BCUT2D eigenvalue weighted by molar-refractivity contribution is 6.11. The molecule has 0 aromatic heterocycles. The first-order valence-electron chi connectivity index (χ1n) is 12.7. The van der Waals surface area contributed by atoms with Crippen molar-refractivity contribution in [1.29, 1.82) is 0 Å². The lowest BCUT2D eigenvalue weighted by molar-refractivity contribution is 0.0490. The molecule has 2 nitrogen and oxygen atoms in total. The molecule has 2 fully saturated rings. The Morgan fingerprint density at radius 2 is 1.48 bits per heavy atom. The molecule has 2 saturated carbocycles. The molecule has 6 atom stereocenters. The lowest BCUT2D eigenvalue weighted by atomic mass is 9.62. The summed E-state index contributed by atoms with van der Waals surface area (Å²) in [7, 11) is 6.39. The zero-order valence-electron chi connectivity index (χ0n) is 20.1. The predicted octanol–water partition coefficient (Wildman–Crippen LogP) is 6.54. The Bertz CT molecular complexity index is 458. The maximum atomic E-state index is 10.8. The van der Waals surface area contributed by atoms with E-state index >= 15 is 0 Å². The second-order valence-electron chi connectivity index (χ2n) is 12.0. The van der Waals surface area contributed by atoms with Crippen molar-refractivity contribution in [2.24, 2.45) is 35.0 Å². The van der Waals surface area contributed by atoms with Gasteiger partial charge in [-0.1, -0.05) is 72.5 Å². The van der Waals surface area contributed by atoms with E-state index in [1.807, 2.05) is 0 Å². The molecule has 0 amide bonds. The average Bonchev–Trinajstić information content (AvgIpc) is 2.67. The lowest BCUT2D eigenvalue weighted by Gasteiger charge is -2.36. The van der Waals surface area contributed by atoms with E-state index in [1.54, 1.807) is 0 Å². The molecule has 2 aliphatic carbocycles. The maximum absolute atomic E-state index is 10.8. The van der Waals surface area contributed by atoms with Gasteiger partial charge in [-0.2, -0.15) is 0 Å². The van der Waals surface area contributed by atoms with Gasteiger partial charge in [0.05, 0.1) is 20.1 Å². The molecular formula is C26H49BO2. The van der Waals surface area contributed by atoms with Crippen LogP contribution >= 0.6 is 0 Å². The van der Waals surface area contributed by atoms with E-state index in [1.165, 1.54) is 38.5 Å². The number of rotatable bonds is 10. The first kappa shape index (κ1) is 25.2. The molecule has 2 aliphatic rings. The van der Waals surface area contributed by atoms with Gasteiger partial charge in [0.25, 0.3) is 0 Å². The van der Waals surface area contributed by atoms with Crippen LogP contribution in [0.1, 0.15) is 112 Å². The van der Waals surface area contributed by atoms with Crippen LogP contribution in [-0.4, -0.2) is 30.3 Å². The molecule has 168 valence electrons. The van der Waals surface area contributed by atoms with Crippen LogP contribution < -0.4 is 0 Å². The molecule has 29 heavy (non-hydrogen) atoms. The van der Waals surface area contributed by atoms with E-state index in [2.05, 4.69) is 34.6 Å². The van der Waals surface area contributed by atoms with Crippen LogP contribution in [0.4, 0.5) is 0 Å². The van der Waals surface area contributed by atoms with Crippen molar-refractivity contribution in [2.45, 2.75) is 130 Å². The summed E-state index contributed by atoms with van der Waals surface area (Å²) in [5.74, 6) is 3.32. The molecule has 3 heteroatoms. The van der Waals surface area contributed by atoms with Gasteiger partial charge in [0.2, 0.25) is 0 Å². The SMILES string of the molecule is [B]C1CC(C)CCC1C[C@@H](C)C(O)CCC(C)(C)CCC(O)C1CCC(C)CC1. The third kappa shape index (κ3) is 8.56. The lowest BCUT2D eigenvalue weighted by Crippen LogP contribution is -2.28. The number of aliphatic hydroxyl groups is 2. The van der Waals surface area contributed by atoms with E-state index in [9.17, 15) is 10.2 Å². The van der Waals surface area contributed by atoms with Gasteiger partial charge in [0, 0.05) is 0 Å². The second-order valence-corrected chi connectivity index (χ2v) is 12.0. The van der Waals surface area contributed by atoms with Gasteiger partial charge in [0.15, 0.2) is 0 Å². The highest BCUT2D eigenvalue weighted by Crippen LogP contribution is 2.40. The predicted molar refractivity (Wildman–Crippen MR) is 125 cm³/mol. The first-order chi connectivity index (χ1) is 13.6. The van der Waals surface area contributed by atoms with Gasteiger partial charge in [0.1, 0.15) is 0 Å². The summed E-state index contributed by atoms with van der Waals surface area (Å²) in [6.45, 7) is 11.5. The summed E-state index contributed by atoms with van der Waals surface area (Å²) in [6, 6.07) is 0. The van der Waals surface area contributed by atoms with E-state index in [0.29, 0.717) is 23.6 Å². The molecule has 2 radical (unpaired) electrons.